The summed E-state index contributed by atoms with van der Waals surface area (Å²) in [7, 11) is 7.68. The third-order valence-corrected chi connectivity index (χ3v) is 7.18. The summed E-state index contributed by atoms with van der Waals surface area (Å²) in [5.74, 6) is 1.72. The molecule has 0 bridgehead atoms. The Labute approximate surface area is 185 Å². The number of rotatable bonds is 6. The van der Waals surface area contributed by atoms with Gasteiger partial charge in [0.15, 0.2) is 0 Å². The van der Waals surface area contributed by atoms with Gasteiger partial charge in [-0.3, -0.25) is 4.90 Å². The van der Waals surface area contributed by atoms with E-state index in [2.05, 4.69) is 42.5 Å². The van der Waals surface area contributed by atoms with Crippen LogP contribution < -0.4 is 14.8 Å². The minimum atomic E-state index is -0.151. The second-order valence-electron chi connectivity index (χ2n) is 9.07. The predicted molar refractivity (Wildman–Crippen MR) is 121 cm³/mol. The van der Waals surface area contributed by atoms with E-state index in [9.17, 15) is 4.79 Å². The zero-order chi connectivity index (χ0) is 22.1. The van der Waals surface area contributed by atoms with Crippen LogP contribution in [0.2, 0.25) is 0 Å². The Morgan fingerprint density at radius 2 is 1.65 bits per heavy atom. The molecule has 6 nitrogen and oxygen atoms in total. The molecule has 1 spiro atoms. The van der Waals surface area contributed by atoms with Crippen LogP contribution in [0, 0.1) is 0 Å². The van der Waals surface area contributed by atoms with Crippen molar-refractivity contribution in [2.45, 2.75) is 43.3 Å². The summed E-state index contributed by atoms with van der Waals surface area (Å²) in [5.41, 5.74) is 2.20. The van der Waals surface area contributed by atoms with Gasteiger partial charge in [-0.05, 0) is 75.2 Å². The van der Waals surface area contributed by atoms with Crippen LogP contribution >= 0.6 is 0 Å². The highest BCUT2D eigenvalue weighted by Crippen LogP contribution is 2.46. The first-order valence-electron chi connectivity index (χ1n) is 10.9. The molecule has 6 heteroatoms. The second kappa shape index (κ2) is 8.42. The Balaban J connectivity index is 1.47. The summed E-state index contributed by atoms with van der Waals surface area (Å²) in [5, 5.41) is 3.33. The van der Waals surface area contributed by atoms with Gasteiger partial charge in [-0.2, -0.15) is 0 Å². The van der Waals surface area contributed by atoms with Crippen molar-refractivity contribution >= 4 is 6.03 Å². The Morgan fingerprint density at radius 1 is 0.968 bits per heavy atom. The number of hydrogen-bond donors (Lipinski definition) is 1. The highest BCUT2D eigenvalue weighted by molar-refractivity contribution is 5.78. The lowest BCUT2D eigenvalue weighted by Gasteiger charge is -2.48. The average molecular weight is 424 g/mol. The molecule has 1 N–H and O–H groups in total. The fourth-order valence-corrected chi connectivity index (χ4v) is 5.19. The Hall–Kier alpha value is -2.73. The molecule has 1 saturated carbocycles. The fraction of sp³-hybridized carbons (Fsp3) is 0.480. The van der Waals surface area contributed by atoms with E-state index in [0.29, 0.717) is 6.54 Å². The molecule has 4 rings (SSSR count). The maximum absolute atomic E-state index is 12.8. The number of nitrogens with one attached hydrogen (secondary N) is 1. The monoisotopic (exact) mass is 423 g/mol. The van der Waals surface area contributed by atoms with Crippen molar-refractivity contribution in [3.8, 4) is 11.5 Å². The molecule has 0 atom stereocenters. The van der Waals surface area contributed by atoms with E-state index in [-0.39, 0.29) is 17.1 Å². The number of carbonyl (C=O) groups is 1. The van der Waals surface area contributed by atoms with Gasteiger partial charge in [-0.1, -0.05) is 24.3 Å². The standard InChI is InChI=1S/C25H33N3O3/c1-27(2)25(20-6-5-7-22(16-20)31-4)14-12-24(13-15-25)18-28(23(29)26-24)17-19-8-10-21(30-3)11-9-19/h5-11,16H,12-15,17-18H2,1-4H3,(H,26,29)/t24-,25+. The third-order valence-electron chi connectivity index (χ3n) is 7.18. The summed E-state index contributed by atoms with van der Waals surface area (Å²) in [6.45, 7) is 1.37. The van der Waals surface area contributed by atoms with Crippen molar-refractivity contribution in [2.24, 2.45) is 0 Å². The molecule has 2 fully saturated rings. The average Bonchev–Trinajstić information content (AvgIpc) is 3.09. The Morgan fingerprint density at radius 3 is 2.26 bits per heavy atom. The van der Waals surface area contributed by atoms with Gasteiger partial charge in [0.1, 0.15) is 11.5 Å². The van der Waals surface area contributed by atoms with Crippen LogP contribution in [0.5, 0.6) is 11.5 Å². The molecule has 0 aromatic heterocycles. The number of urea groups is 1. The van der Waals surface area contributed by atoms with E-state index in [1.807, 2.05) is 35.2 Å². The number of benzene rings is 2. The van der Waals surface area contributed by atoms with Crippen LogP contribution in [0.25, 0.3) is 0 Å². The molecule has 1 aliphatic heterocycles. The predicted octanol–water partition coefficient (Wildman–Crippen LogP) is 4.00. The van der Waals surface area contributed by atoms with Crippen LogP contribution in [-0.2, 0) is 12.1 Å². The van der Waals surface area contributed by atoms with Crippen LogP contribution in [0.4, 0.5) is 4.79 Å². The summed E-state index contributed by atoms with van der Waals surface area (Å²) >= 11 is 0. The van der Waals surface area contributed by atoms with Gasteiger partial charge in [0.2, 0.25) is 0 Å². The van der Waals surface area contributed by atoms with Crippen LogP contribution in [-0.4, -0.2) is 56.2 Å². The van der Waals surface area contributed by atoms with Gasteiger partial charge in [0.25, 0.3) is 0 Å². The van der Waals surface area contributed by atoms with E-state index in [1.165, 1.54) is 5.56 Å². The lowest BCUT2D eigenvalue weighted by molar-refractivity contribution is 0.0616. The summed E-state index contributed by atoms with van der Waals surface area (Å²) in [6, 6.07) is 16.4. The number of nitrogens with zero attached hydrogens (tertiary/aromatic N) is 2. The topological polar surface area (TPSA) is 54.0 Å². The highest BCUT2D eigenvalue weighted by atomic mass is 16.5. The van der Waals surface area contributed by atoms with Gasteiger partial charge in [0, 0.05) is 18.6 Å². The lowest BCUT2D eigenvalue weighted by atomic mass is 9.69. The summed E-state index contributed by atoms with van der Waals surface area (Å²) in [6.07, 6.45) is 3.88. The quantitative estimate of drug-likeness (QED) is 0.763. The number of methoxy groups -OCH3 is 2. The van der Waals surface area contributed by atoms with E-state index < -0.39 is 0 Å². The van der Waals surface area contributed by atoms with Crippen LogP contribution in [0.3, 0.4) is 0 Å². The molecule has 2 aromatic rings. The maximum Gasteiger partial charge on any atom is 0.318 e. The third kappa shape index (κ3) is 4.09. The van der Waals surface area contributed by atoms with E-state index in [0.717, 1.165) is 49.3 Å². The van der Waals surface area contributed by atoms with Crippen molar-refractivity contribution in [1.82, 2.24) is 15.1 Å². The normalized spacial score (nSPS) is 25.7. The molecule has 0 radical (unpaired) electrons. The molecule has 31 heavy (non-hydrogen) atoms. The first kappa shape index (κ1) is 21.5. The smallest absolute Gasteiger partial charge is 0.318 e. The van der Waals surface area contributed by atoms with Gasteiger partial charge in [-0.15, -0.1) is 0 Å². The Bertz CT molecular complexity index is 918. The number of hydrogen-bond acceptors (Lipinski definition) is 4. The zero-order valence-corrected chi connectivity index (χ0v) is 19.0. The largest absolute Gasteiger partial charge is 0.497 e. The molecule has 166 valence electrons. The molecule has 2 aromatic carbocycles. The van der Waals surface area contributed by atoms with Crippen molar-refractivity contribution in [2.75, 3.05) is 34.9 Å². The summed E-state index contributed by atoms with van der Waals surface area (Å²) < 4.78 is 10.7. The van der Waals surface area contributed by atoms with E-state index in [1.54, 1.807) is 14.2 Å². The lowest BCUT2D eigenvalue weighted by Crippen LogP contribution is -2.54. The minimum Gasteiger partial charge on any atom is -0.497 e. The molecule has 0 unspecified atom stereocenters. The molecule has 2 amide bonds. The van der Waals surface area contributed by atoms with Gasteiger partial charge in [-0.25, -0.2) is 4.79 Å². The fourth-order valence-electron chi connectivity index (χ4n) is 5.19. The van der Waals surface area contributed by atoms with Gasteiger partial charge >= 0.3 is 6.03 Å². The van der Waals surface area contributed by atoms with Crippen molar-refractivity contribution in [1.29, 1.82) is 0 Å². The molecular formula is C25H33N3O3. The number of amides is 2. The summed E-state index contributed by atoms with van der Waals surface area (Å²) in [4.78, 5) is 17.1. The SMILES string of the molecule is COc1ccc(CN2C[C@]3(CC[C@](c4cccc(OC)c4)(N(C)C)CC3)NC2=O)cc1. The molecular weight excluding hydrogens is 390 g/mol. The number of ether oxygens (including phenoxy) is 2. The van der Waals surface area contributed by atoms with E-state index in [4.69, 9.17) is 9.47 Å². The number of carbonyl (C=O) groups excluding carboxylic acids is 1. The molecule has 2 aliphatic rings. The molecule has 1 aliphatic carbocycles. The molecule has 1 saturated heterocycles. The van der Waals surface area contributed by atoms with Crippen molar-refractivity contribution in [3.63, 3.8) is 0 Å². The highest BCUT2D eigenvalue weighted by Gasteiger charge is 2.50. The maximum atomic E-state index is 12.8. The first-order chi connectivity index (χ1) is 14.9. The van der Waals surface area contributed by atoms with Gasteiger partial charge < -0.3 is 19.7 Å². The van der Waals surface area contributed by atoms with Crippen LogP contribution in [0.1, 0.15) is 36.8 Å². The molecule has 1 heterocycles. The van der Waals surface area contributed by atoms with Gasteiger partial charge in [0.05, 0.1) is 19.8 Å². The first-order valence-corrected chi connectivity index (χ1v) is 10.9. The second-order valence-corrected chi connectivity index (χ2v) is 9.07. The minimum absolute atomic E-state index is 0.0366. The van der Waals surface area contributed by atoms with Crippen molar-refractivity contribution in [3.05, 3.63) is 59.7 Å². The Kier molecular flexibility index (Phi) is 5.84. The van der Waals surface area contributed by atoms with Crippen molar-refractivity contribution < 1.29 is 14.3 Å². The van der Waals surface area contributed by atoms with E-state index >= 15 is 0 Å². The zero-order valence-electron chi connectivity index (χ0n) is 19.0. The van der Waals surface area contributed by atoms with Crippen LogP contribution in [0.15, 0.2) is 48.5 Å².